The summed E-state index contributed by atoms with van der Waals surface area (Å²) in [5, 5.41) is 3.18. The third-order valence-corrected chi connectivity index (χ3v) is 5.48. The van der Waals surface area contributed by atoms with E-state index in [0.29, 0.717) is 5.92 Å². The van der Waals surface area contributed by atoms with Crippen LogP contribution < -0.4 is 10.2 Å². The molecule has 1 unspecified atom stereocenters. The SMILES string of the molecule is CCC(C)c1ccccc1NC(=O)C1CCN(c2nc(C)cc(C)n2)CC1. The fraction of sp³-hybridized carbons (Fsp3) is 0.500. The average molecular weight is 367 g/mol. The molecule has 1 saturated heterocycles. The Bertz CT molecular complexity index is 776. The van der Waals surface area contributed by atoms with Gasteiger partial charge in [0.2, 0.25) is 11.9 Å². The van der Waals surface area contributed by atoms with Gasteiger partial charge >= 0.3 is 0 Å². The zero-order valence-corrected chi connectivity index (χ0v) is 16.8. The highest BCUT2D eigenvalue weighted by atomic mass is 16.1. The van der Waals surface area contributed by atoms with Crippen LogP contribution in [0.25, 0.3) is 0 Å². The molecule has 0 bridgehead atoms. The highest BCUT2D eigenvalue weighted by Crippen LogP contribution is 2.28. The Kier molecular flexibility index (Phi) is 6.09. The second kappa shape index (κ2) is 8.51. The standard InChI is InChI=1S/C22H30N4O/c1-5-15(2)19-8-6-7-9-20(19)25-21(27)18-10-12-26(13-11-18)22-23-16(3)14-17(4)24-22/h6-9,14-15,18H,5,10-13H2,1-4H3,(H,25,27). The zero-order valence-electron chi connectivity index (χ0n) is 16.8. The van der Waals surface area contributed by atoms with E-state index in [4.69, 9.17) is 0 Å². The molecule has 2 aromatic rings. The number of aromatic nitrogens is 2. The summed E-state index contributed by atoms with van der Waals surface area (Å²) in [6.07, 6.45) is 2.71. The van der Waals surface area contributed by atoms with E-state index in [2.05, 4.69) is 40.1 Å². The Morgan fingerprint density at radius 3 is 2.44 bits per heavy atom. The number of hydrogen-bond acceptors (Lipinski definition) is 4. The summed E-state index contributed by atoms with van der Waals surface area (Å²) in [5.74, 6) is 1.39. The van der Waals surface area contributed by atoms with Crippen LogP contribution >= 0.6 is 0 Å². The fourth-order valence-electron chi connectivity index (χ4n) is 3.69. The molecule has 1 amide bonds. The van der Waals surface area contributed by atoms with E-state index in [1.54, 1.807) is 0 Å². The summed E-state index contributed by atoms with van der Waals surface area (Å²) < 4.78 is 0. The van der Waals surface area contributed by atoms with Gasteiger partial charge in [-0.3, -0.25) is 4.79 Å². The van der Waals surface area contributed by atoms with Crippen LogP contribution in [0, 0.1) is 19.8 Å². The van der Waals surface area contributed by atoms with Crippen LogP contribution in [-0.4, -0.2) is 29.0 Å². The van der Waals surface area contributed by atoms with Crippen molar-refractivity contribution in [3.63, 3.8) is 0 Å². The van der Waals surface area contributed by atoms with Crippen LogP contribution in [0.3, 0.4) is 0 Å². The van der Waals surface area contributed by atoms with Crippen molar-refractivity contribution in [2.75, 3.05) is 23.3 Å². The van der Waals surface area contributed by atoms with Gasteiger partial charge in [0.05, 0.1) is 0 Å². The van der Waals surface area contributed by atoms with Crippen molar-refractivity contribution >= 4 is 17.5 Å². The largest absolute Gasteiger partial charge is 0.341 e. The lowest BCUT2D eigenvalue weighted by atomic mass is 9.94. The summed E-state index contributed by atoms with van der Waals surface area (Å²) in [7, 11) is 0. The smallest absolute Gasteiger partial charge is 0.227 e. The number of nitrogens with zero attached hydrogens (tertiary/aromatic N) is 3. The van der Waals surface area contributed by atoms with Crippen LogP contribution in [0.4, 0.5) is 11.6 Å². The lowest BCUT2D eigenvalue weighted by Crippen LogP contribution is -2.39. The molecule has 0 spiro atoms. The van der Waals surface area contributed by atoms with Gasteiger partial charge in [0.15, 0.2) is 0 Å². The number of piperidine rings is 1. The van der Waals surface area contributed by atoms with Crippen molar-refractivity contribution in [3.8, 4) is 0 Å². The van der Waals surface area contributed by atoms with Gasteiger partial charge in [-0.15, -0.1) is 0 Å². The minimum Gasteiger partial charge on any atom is -0.341 e. The number of anilines is 2. The average Bonchev–Trinajstić information content (AvgIpc) is 2.67. The minimum absolute atomic E-state index is 0.0390. The predicted octanol–water partition coefficient (Wildman–Crippen LogP) is 4.46. The van der Waals surface area contributed by atoms with E-state index in [9.17, 15) is 4.79 Å². The Hall–Kier alpha value is -2.43. The van der Waals surface area contributed by atoms with Crippen molar-refractivity contribution in [3.05, 3.63) is 47.3 Å². The molecule has 2 heterocycles. The Morgan fingerprint density at radius 2 is 1.81 bits per heavy atom. The van der Waals surface area contributed by atoms with Crippen molar-refractivity contribution in [2.24, 2.45) is 5.92 Å². The predicted molar refractivity (Wildman–Crippen MR) is 110 cm³/mol. The van der Waals surface area contributed by atoms with Crippen molar-refractivity contribution < 1.29 is 4.79 Å². The summed E-state index contributed by atoms with van der Waals surface area (Å²) in [6.45, 7) is 9.99. The molecular formula is C22H30N4O. The van der Waals surface area contributed by atoms with Gasteiger partial charge in [0.25, 0.3) is 0 Å². The first-order valence-corrected chi connectivity index (χ1v) is 9.95. The van der Waals surface area contributed by atoms with E-state index in [1.165, 1.54) is 5.56 Å². The molecule has 1 aliphatic rings. The lowest BCUT2D eigenvalue weighted by Gasteiger charge is -2.31. The number of rotatable bonds is 5. The van der Waals surface area contributed by atoms with E-state index in [0.717, 1.165) is 55.4 Å². The molecule has 5 heteroatoms. The Balaban J connectivity index is 1.62. The number of amides is 1. The summed E-state index contributed by atoms with van der Waals surface area (Å²) in [5.41, 5.74) is 4.14. The number of para-hydroxylation sites is 1. The number of nitrogens with one attached hydrogen (secondary N) is 1. The molecule has 1 N–H and O–H groups in total. The lowest BCUT2D eigenvalue weighted by molar-refractivity contribution is -0.120. The first-order valence-electron chi connectivity index (χ1n) is 9.95. The maximum absolute atomic E-state index is 12.8. The van der Waals surface area contributed by atoms with Crippen LogP contribution in [0.1, 0.15) is 56.0 Å². The van der Waals surface area contributed by atoms with Gasteiger partial charge in [0, 0.05) is 36.1 Å². The number of carbonyl (C=O) groups excluding carboxylic acids is 1. The van der Waals surface area contributed by atoms with Gasteiger partial charge < -0.3 is 10.2 Å². The Morgan fingerprint density at radius 1 is 1.19 bits per heavy atom. The molecule has 1 aliphatic heterocycles. The third kappa shape index (κ3) is 4.65. The van der Waals surface area contributed by atoms with Crippen LogP contribution in [0.2, 0.25) is 0 Å². The van der Waals surface area contributed by atoms with E-state index in [1.807, 2.05) is 38.1 Å². The van der Waals surface area contributed by atoms with E-state index in [-0.39, 0.29) is 11.8 Å². The van der Waals surface area contributed by atoms with Gasteiger partial charge in [-0.1, -0.05) is 32.0 Å². The van der Waals surface area contributed by atoms with Gasteiger partial charge in [-0.05, 0) is 56.7 Å². The van der Waals surface area contributed by atoms with E-state index >= 15 is 0 Å². The maximum Gasteiger partial charge on any atom is 0.227 e. The number of aryl methyl sites for hydroxylation is 2. The second-order valence-corrected chi connectivity index (χ2v) is 7.60. The summed E-state index contributed by atoms with van der Waals surface area (Å²) in [6, 6.07) is 10.1. The molecule has 1 aromatic carbocycles. The minimum atomic E-state index is 0.0390. The first kappa shape index (κ1) is 19.3. The Labute approximate surface area is 162 Å². The highest BCUT2D eigenvalue weighted by Gasteiger charge is 2.27. The van der Waals surface area contributed by atoms with Crippen molar-refractivity contribution in [1.29, 1.82) is 0 Å². The second-order valence-electron chi connectivity index (χ2n) is 7.60. The quantitative estimate of drug-likeness (QED) is 0.849. The first-order chi connectivity index (χ1) is 13.0. The van der Waals surface area contributed by atoms with Crippen LogP contribution in [0.5, 0.6) is 0 Å². The van der Waals surface area contributed by atoms with Gasteiger partial charge in [-0.2, -0.15) is 0 Å². The monoisotopic (exact) mass is 366 g/mol. The van der Waals surface area contributed by atoms with Crippen LogP contribution in [0.15, 0.2) is 30.3 Å². The molecule has 3 rings (SSSR count). The zero-order chi connectivity index (χ0) is 19.4. The summed E-state index contributed by atoms with van der Waals surface area (Å²) in [4.78, 5) is 24.1. The molecule has 1 atom stereocenters. The molecule has 1 aromatic heterocycles. The molecule has 27 heavy (non-hydrogen) atoms. The number of benzene rings is 1. The third-order valence-electron chi connectivity index (χ3n) is 5.48. The summed E-state index contributed by atoms with van der Waals surface area (Å²) >= 11 is 0. The highest BCUT2D eigenvalue weighted by molar-refractivity contribution is 5.93. The molecule has 144 valence electrons. The fourth-order valence-corrected chi connectivity index (χ4v) is 3.69. The van der Waals surface area contributed by atoms with Crippen LogP contribution in [-0.2, 0) is 4.79 Å². The maximum atomic E-state index is 12.8. The molecule has 1 fully saturated rings. The molecular weight excluding hydrogens is 336 g/mol. The van der Waals surface area contributed by atoms with Gasteiger partial charge in [0.1, 0.15) is 0 Å². The molecule has 0 saturated carbocycles. The topological polar surface area (TPSA) is 58.1 Å². The van der Waals surface area contributed by atoms with E-state index < -0.39 is 0 Å². The van der Waals surface area contributed by atoms with Crippen molar-refractivity contribution in [2.45, 2.75) is 52.9 Å². The van der Waals surface area contributed by atoms with Crippen molar-refractivity contribution in [1.82, 2.24) is 9.97 Å². The molecule has 5 nitrogen and oxygen atoms in total. The van der Waals surface area contributed by atoms with Gasteiger partial charge in [-0.25, -0.2) is 9.97 Å². The molecule has 0 aliphatic carbocycles. The number of carbonyl (C=O) groups is 1. The molecule has 0 radical (unpaired) electrons. The normalized spacial score (nSPS) is 16.2. The number of hydrogen-bond donors (Lipinski definition) is 1.